The highest BCUT2D eigenvalue weighted by Gasteiger charge is 2.10. The molecule has 0 aromatic carbocycles. The summed E-state index contributed by atoms with van der Waals surface area (Å²) in [6.07, 6.45) is 5.62. The average Bonchev–Trinajstić information content (AvgIpc) is 2.48. The van der Waals surface area contributed by atoms with Gasteiger partial charge in [0.05, 0.1) is 5.56 Å². The first-order valence-corrected chi connectivity index (χ1v) is 6.25. The van der Waals surface area contributed by atoms with E-state index in [1.54, 1.807) is 18.5 Å². The first kappa shape index (κ1) is 13.7. The summed E-state index contributed by atoms with van der Waals surface area (Å²) < 4.78 is 0. The maximum atomic E-state index is 12.0. The van der Waals surface area contributed by atoms with Gasteiger partial charge in [0.15, 0.2) is 0 Å². The summed E-state index contributed by atoms with van der Waals surface area (Å²) in [6.45, 7) is 1.93. The second-order valence-corrected chi connectivity index (χ2v) is 4.48. The van der Waals surface area contributed by atoms with Crippen LogP contribution in [0.25, 0.3) is 0 Å². The SMILES string of the molecule is C[C@H](Cc1cccnc1)NC(=O)c1ccc(C#N)nc1. The van der Waals surface area contributed by atoms with Gasteiger partial charge in [0, 0.05) is 24.6 Å². The fraction of sp³-hybridized carbons (Fsp3) is 0.200. The van der Waals surface area contributed by atoms with Gasteiger partial charge in [-0.3, -0.25) is 9.78 Å². The van der Waals surface area contributed by atoms with Crippen LogP contribution in [-0.2, 0) is 6.42 Å². The van der Waals surface area contributed by atoms with Crippen LogP contribution < -0.4 is 5.32 Å². The van der Waals surface area contributed by atoms with E-state index in [1.165, 1.54) is 12.3 Å². The molecule has 0 saturated carbocycles. The fourth-order valence-corrected chi connectivity index (χ4v) is 1.82. The van der Waals surface area contributed by atoms with Crippen molar-refractivity contribution in [3.05, 3.63) is 59.7 Å². The van der Waals surface area contributed by atoms with Gasteiger partial charge in [-0.1, -0.05) is 6.07 Å². The van der Waals surface area contributed by atoms with Crippen molar-refractivity contribution < 1.29 is 4.79 Å². The minimum Gasteiger partial charge on any atom is -0.349 e. The molecule has 0 spiro atoms. The van der Waals surface area contributed by atoms with E-state index in [4.69, 9.17) is 5.26 Å². The highest BCUT2D eigenvalue weighted by Crippen LogP contribution is 2.03. The number of rotatable bonds is 4. The maximum Gasteiger partial charge on any atom is 0.253 e. The third-order valence-corrected chi connectivity index (χ3v) is 2.78. The van der Waals surface area contributed by atoms with Crippen LogP contribution in [0.4, 0.5) is 0 Å². The summed E-state index contributed by atoms with van der Waals surface area (Å²) in [6, 6.07) is 8.87. The topological polar surface area (TPSA) is 78.7 Å². The van der Waals surface area contributed by atoms with Crippen molar-refractivity contribution in [3.8, 4) is 6.07 Å². The Balaban J connectivity index is 1.95. The van der Waals surface area contributed by atoms with E-state index in [0.29, 0.717) is 17.7 Å². The van der Waals surface area contributed by atoms with Crippen molar-refractivity contribution in [3.63, 3.8) is 0 Å². The summed E-state index contributed by atoms with van der Waals surface area (Å²) in [7, 11) is 0. The average molecular weight is 266 g/mol. The molecule has 5 heteroatoms. The number of hydrogen-bond acceptors (Lipinski definition) is 4. The first-order valence-electron chi connectivity index (χ1n) is 6.25. The van der Waals surface area contributed by atoms with Crippen LogP contribution in [0.1, 0.15) is 28.5 Å². The van der Waals surface area contributed by atoms with E-state index >= 15 is 0 Å². The van der Waals surface area contributed by atoms with E-state index < -0.39 is 0 Å². The van der Waals surface area contributed by atoms with Gasteiger partial charge in [0.1, 0.15) is 11.8 Å². The first-order chi connectivity index (χ1) is 9.69. The molecule has 1 N–H and O–H groups in total. The third kappa shape index (κ3) is 3.62. The molecular formula is C15H14N4O. The zero-order valence-electron chi connectivity index (χ0n) is 11.1. The fourth-order valence-electron chi connectivity index (χ4n) is 1.82. The third-order valence-electron chi connectivity index (χ3n) is 2.78. The molecule has 2 aromatic heterocycles. The molecule has 2 aromatic rings. The van der Waals surface area contributed by atoms with Crippen LogP contribution in [0.2, 0.25) is 0 Å². The van der Waals surface area contributed by atoms with E-state index in [0.717, 1.165) is 5.56 Å². The number of hydrogen-bond donors (Lipinski definition) is 1. The van der Waals surface area contributed by atoms with Crippen molar-refractivity contribution >= 4 is 5.91 Å². The second kappa shape index (κ2) is 6.43. The Hall–Kier alpha value is -2.74. The molecule has 0 saturated heterocycles. The Morgan fingerprint density at radius 3 is 2.85 bits per heavy atom. The van der Waals surface area contributed by atoms with Gasteiger partial charge in [-0.25, -0.2) is 4.98 Å². The van der Waals surface area contributed by atoms with Crippen molar-refractivity contribution in [2.45, 2.75) is 19.4 Å². The number of amides is 1. The molecule has 20 heavy (non-hydrogen) atoms. The monoisotopic (exact) mass is 266 g/mol. The molecule has 2 heterocycles. The highest BCUT2D eigenvalue weighted by atomic mass is 16.1. The number of carbonyl (C=O) groups is 1. The quantitative estimate of drug-likeness (QED) is 0.913. The lowest BCUT2D eigenvalue weighted by Gasteiger charge is -2.13. The largest absolute Gasteiger partial charge is 0.349 e. The Morgan fingerprint density at radius 1 is 1.40 bits per heavy atom. The highest BCUT2D eigenvalue weighted by molar-refractivity contribution is 5.94. The molecule has 0 aliphatic heterocycles. The predicted octanol–water partition coefficient (Wildman–Crippen LogP) is 1.71. The number of aromatic nitrogens is 2. The normalized spacial score (nSPS) is 11.4. The number of pyridine rings is 2. The molecule has 2 rings (SSSR count). The second-order valence-electron chi connectivity index (χ2n) is 4.48. The lowest BCUT2D eigenvalue weighted by Crippen LogP contribution is -2.34. The van der Waals surface area contributed by atoms with Gasteiger partial charge in [-0.15, -0.1) is 0 Å². The van der Waals surface area contributed by atoms with Crippen LogP contribution in [0.5, 0.6) is 0 Å². The lowest BCUT2D eigenvalue weighted by molar-refractivity contribution is 0.0939. The van der Waals surface area contributed by atoms with E-state index in [9.17, 15) is 4.79 Å². The Bertz CT molecular complexity index is 617. The van der Waals surface area contributed by atoms with Crippen LogP contribution in [0.3, 0.4) is 0 Å². The molecule has 0 aliphatic rings. The Kier molecular flexibility index (Phi) is 4.40. The van der Waals surface area contributed by atoms with E-state index in [-0.39, 0.29) is 11.9 Å². The van der Waals surface area contributed by atoms with Gasteiger partial charge in [0.2, 0.25) is 0 Å². The molecule has 5 nitrogen and oxygen atoms in total. The summed E-state index contributed by atoms with van der Waals surface area (Å²) in [5.41, 5.74) is 1.81. The summed E-state index contributed by atoms with van der Waals surface area (Å²) in [5, 5.41) is 11.6. The van der Waals surface area contributed by atoms with Crippen LogP contribution in [0.15, 0.2) is 42.9 Å². The molecule has 0 bridgehead atoms. The molecule has 1 atom stereocenters. The summed E-state index contributed by atoms with van der Waals surface area (Å²) in [4.78, 5) is 19.9. The molecule has 0 radical (unpaired) electrons. The number of nitrogens with one attached hydrogen (secondary N) is 1. The lowest BCUT2D eigenvalue weighted by atomic mass is 10.1. The zero-order chi connectivity index (χ0) is 14.4. The summed E-state index contributed by atoms with van der Waals surface area (Å²) in [5.74, 6) is -0.196. The van der Waals surface area contributed by atoms with Gasteiger partial charge >= 0.3 is 0 Å². The molecule has 0 fully saturated rings. The number of nitrogens with zero attached hydrogens (tertiary/aromatic N) is 3. The molecule has 0 unspecified atom stereocenters. The predicted molar refractivity (Wildman–Crippen MR) is 73.8 cm³/mol. The van der Waals surface area contributed by atoms with Crippen molar-refractivity contribution in [2.24, 2.45) is 0 Å². The zero-order valence-corrected chi connectivity index (χ0v) is 11.1. The number of carbonyl (C=O) groups excluding carboxylic acids is 1. The van der Waals surface area contributed by atoms with Crippen molar-refractivity contribution in [1.82, 2.24) is 15.3 Å². The molecular weight excluding hydrogens is 252 g/mol. The van der Waals surface area contributed by atoms with Gasteiger partial charge in [0.25, 0.3) is 5.91 Å². The van der Waals surface area contributed by atoms with Crippen LogP contribution in [-0.4, -0.2) is 21.9 Å². The van der Waals surface area contributed by atoms with Gasteiger partial charge in [-0.05, 0) is 37.1 Å². The maximum absolute atomic E-state index is 12.0. The minimum absolute atomic E-state index is 0.0117. The summed E-state index contributed by atoms with van der Waals surface area (Å²) >= 11 is 0. The standard InChI is InChI=1S/C15H14N4O/c1-11(7-12-3-2-6-17-9-12)19-15(20)13-4-5-14(8-16)18-10-13/h2-6,9-11H,7H2,1H3,(H,19,20)/t11-/m1/s1. The van der Waals surface area contributed by atoms with E-state index in [2.05, 4.69) is 15.3 Å². The molecule has 0 aliphatic carbocycles. The van der Waals surface area contributed by atoms with Crippen molar-refractivity contribution in [1.29, 1.82) is 5.26 Å². The molecule has 100 valence electrons. The van der Waals surface area contributed by atoms with E-state index in [1.807, 2.05) is 25.1 Å². The molecule has 1 amide bonds. The Morgan fingerprint density at radius 2 is 2.25 bits per heavy atom. The smallest absolute Gasteiger partial charge is 0.253 e. The van der Waals surface area contributed by atoms with Crippen LogP contribution >= 0.6 is 0 Å². The van der Waals surface area contributed by atoms with Gasteiger partial charge < -0.3 is 5.32 Å². The Labute approximate surface area is 117 Å². The minimum atomic E-state index is -0.196. The number of nitriles is 1. The van der Waals surface area contributed by atoms with Crippen LogP contribution in [0, 0.1) is 11.3 Å². The van der Waals surface area contributed by atoms with Gasteiger partial charge in [-0.2, -0.15) is 5.26 Å². The van der Waals surface area contributed by atoms with Crippen molar-refractivity contribution in [2.75, 3.05) is 0 Å².